The quantitative estimate of drug-likeness (QED) is 0.599. The lowest BCUT2D eigenvalue weighted by molar-refractivity contribution is -0.119. The predicted molar refractivity (Wildman–Crippen MR) is 123 cm³/mol. The largest absolute Gasteiger partial charge is 0.449 e. The number of anilines is 1. The van der Waals surface area contributed by atoms with Crippen LogP contribution in [0.2, 0.25) is 0 Å². The first kappa shape index (κ1) is 21.8. The van der Waals surface area contributed by atoms with Gasteiger partial charge in [0, 0.05) is 18.5 Å². The Morgan fingerprint density at radius 1 is 1.00 bits per heavy atom. The Hall–Kier alpha value is -3.98. The number of nitrogens with one attached hydrogen (secondary N) is 1. The van der Waals surface area contributed by atoms with E-state index in [2.05, 4.69) is 5.32 Å². The molecule has 9 nitrogen and oxygen atoms in total. The third-order valence-electron chi connectivity index (χ3n) is 6.18. The number of imide groups is 1. The fourth-order valence-corrected chi connectivity index (χ4v) is 4.30. The van der Waals surface area contributed by atoms with Gasteiger partial charge < -0.3 is 19.4 Å². The van der Waals surface area contributed by atoms with Gasteiger partial charge in [0.15, 0.2) is 0 Å². The molecule has 0 spiro atoms. The number of hydrogen-bond acceptors (Lipinski definition) is 6. The molecule has 0 saturated carbocycles. The third-order valence-corrected chi connectivity index (χ3v) is 6.18. The monoisotopic (exact) mass is 461 g/mol. The van der Waals surface area contributed by atoms with Crippen molar-refractivity contribution >= 4 is 40.3 Å². The Labute approximate surface area is 195 Å². The minimum atomic E-state index is -1.10. The average molecular weight is 461 g/mol. The molecule has 0 bridgehead atoms. The number of carbonyl (C=O) groups excluding carboxylic acids is 4. The van der Waals surface area contributed by atoms with Gasteiger partial charge in [-0.05, 0) is 38.1 Å². The minimum absolute atomic E-state index is 0.00151. The molecule has 0 unspecified atom stereocenters. The molecule has 5 rings (SSSR count). The summed E-state index contributed by atoms with van der Waals surface area (Å²) in [4.78, 5) is 54.8. The summed E-state index contributed by atoms with van der Waals surface area (Å²) in [6.07, 6.45) is 0. The second-order valence-electron chi connectivity index (χ2n) is 8.40. The Morgan fingerprint density at radius 2 is 1.71 bits per heavy atom. The molecular formula is C25H23N3O6. The molecule has 1 aromatic heterocycles. The Balaban J connectivity index is 1.45. The fourth-order valence-electron chi connectivity index (χ4n) is 4.30. The van der Waals surface area contributed by atoms with Crippen molar-refractivity contribution in [2.45, 2.75) is 19.9 Å². The van der Waals surface area contributed by atoms with Crippen molar-refractivity contribution in [3.63, 3.8) is 0 Å². The Kier molecular flexibility index (Phi) is 5.41. The SMILES string of the molecule is Cc1ccc2c(c1)C(=O)N([C@H](C)C(=O)Nc1c(C(=O)N3CCOCC3)oc3ccccc13)C2=O. The van der Waals surface area contributed by atoms with Gasteiger partial charge in [-0.25, -0.2) is 0 Å². The maximum atomic E-state index is 13.3. The molecule has 3 aromatic rings. The number of furan rings is 1. The summed E-state index contributed by atoms with van der Waals surface area (Å²) in [5.41, 5.74) is 2.05. The zero-order chi connectivity index (χ0) is 24.0. The summed E-state index contributed by atoms with van der Waals surface area (Å²) in [7, 11) is 0. The van der Waals surface area contributed by atoms with E-state index >= 15 is 0 Å². The number of fused-ring (bicyclic) bond motifs is 2. The van der Waals surface area contributed by atoms with Crippen LogP contribution in [0.4, 0.5) is 5.69 Å². The molecule has 9 heteroatoms. The van der Waals surface area contributed by atoms with Crippen molar-refractivity contribution in [3.8, 4) is 0 Å². The number of benzene rings is 2. The number of carbonyl (C=O) groups is 4. The van der Waals surface area contributed by atoms with E-state index < -0.39 is 23.8 Å². The number of hydrogen-bond donors (Lipinski definition) is 1. The van der Waals surface area contributed by atoms with E-state index in [0.29, 0.717) is 37.3 Å². The van der Waals surface area contributed by atoms with Crippen LogP contribution in [0.15, 0.2) is 46.9 Å². The van der Waals surface area contributed by atoms with Crippen LogP contribution in [0, 0.1) is 6.92 Å². The molecule has 0 radical (unpaired) electrons. The number of morpholine rings is 1. The predicted octanol–water partition coefficient (Wildman–Crippen LogP) is 2.84. The van der Waals surface area contributed by atoms with E-state index in [4.69, 9.17) is 9.15 Å². The van der Waals surface area contributed by atoms with Crippen molar-refractivity contribution in [1.29, 1.82) is 0 Å². The lowest BCUT2D eigenvalue weighted by Gasteiger charge is -2.26. The molecule has 34 heavy (non-hydrogen) atoms. The molecule has 1 saturated heterocycles. The van der Waals surface area contributed by atoms with Crippen LogP contribution in [-0.2, 0) is 9.53 Å². The molecule has 0 aliphatic carbocycles. The van der Waals surface area contributed by atoms with Crippen molar-refractivity contribution < 1.29 is 28.3 Å². The first-order valence-corrected chi connectivity index (χ1v) is 11.0. The van der Waals surface area contributed by atoms with Gasteiger partial charge in [-0.1, -0.05) is 23.8 Å². The third kappa shape index (κ3) is 3.54. The molecule has 2 aliphatic rings. The summed E-state index contributed by atoms with van der Waals surface area (Å²) in [5.74, 6) is -2.01. The summed E-state index contributed by atoms with van der Waals surface area (Å²) in [6.45, 7) is 4.97. The van der Waals surface area contributed by atoms with E-state index in [1.807, 2.05) is 6.92 Å². The fraction of sp³-hybridized carbons (Fsp3) is 0.280. The highest BCUT2D eigenvalue weighted by molar-refractivity contribution is 6.23. The first-order chi connectivity index (χ1) is 16.4. The molecule has 2 aliphatic heterocycles. The lowest BCUT2D eigenvalue weighted by atomic mass is 10.1. The highest BCUT2D eigenvalue weighted by Gasteiger charge is 2.41. The van der Waals surface area contributed by atoms with Gasteiger partial charge in [0.1, 0.15) is 17.3 Å². The van der Waals surface area contributed by atoms with Gasteiger partial charge in [0.25, 0.3) is 17.7 Å². The number of rotatable bonds is 4. The van der Waals surface area contributed by atoms with Crippen LogP contribution in [-0.4, -0.2) is 65.8 Å². The topological polar surface area (TPSA) is 109 Å². The maximum absolute atomic E-state index is 13.3. The van der Waals surface area contributed by atoms with Crippen LogP contribution < -0.4 is 5.32 Å². The smallest absolute Gasteiger partial charge is 0.291 e. The van der Waals surface area contributed by atoms with E-state index in [1.54, 1.807) is 47.4 Å². The second-order valence-corrected chi connectivity index (χ2v) is 8.40. The van der Waals surface area contributed by atoms with Crippen molar-refractivity contribution in [1.82, 2.24) is 9.80 Å². The van der Waals surface area contributed by atoms with Crippen LogP contribution >= 0.6 is 0 Å². The van der Waals surface area contributed by atoms with Gasteiger partial charge in [-0.15, -0.1) is 0 Å². The average Bonchev–Trinajstić information content (AvgIpc) is 3.33. The van der Waals surface area contributed by atoms with Gasteiger partial charge >= 0.3 is 0 Å². The first-order valence-electron chi connectivity index (χ1n) is 11.0. The molecular weight excluding hydrogens is 438 g/mol. The van der Waals surface area contributed by atoms with Crippen LogP contribution in [0.5, 0.6) is 0 Å². The van der Waals surface area contributed by atoms with Gasteiger partial charge in [0.2, 0.25) is 11.7 Å². The van der Waals surface area contributed by atoms with Crippen LogP contribution in [0.3, 0.4) is 0 Å². The molecule has 3 heterocycles. The van der Waals surface area contributed by atoms with E-state index in [-0.39, 0.29) is 28.5 Å². The summed E-state index contributed by atoms with van der Waals surface area (Å²) in [6, 6.07) is 10.9. The van der Waals surface area contributed by atoms with E-state index in [1.165, 1.54) is 6.92 Å². The second kappa shape index (κ2) is 8.42. The molecule has 1 fully saturated rings. The normalized spacial score (nSPS) is 16.6. The lowest BCUT2D eigenvalue weighted by Crippen LogP contribution is -2.45. The van der Waals surface area contributed by atoms with Gasteiger partial charge in [-0.2, -0.15) is 0 Å². The maximum Gasteiger partial charge on any atom is 0.291 e. The summed E-state index contributed by atoms with van der Waals surface area (Å²) >= 11 is 0. The van der Waals surface area contributed by atoms with Crippen molar-refractivity contribution in [2.24, 2.45) is 0 Å². The van der Waals surface area contributed by atoms with Crippen molar-refractivity contribution in [3.05, 3.63) is 64.9 Å². The standard InChI is InChI=1S/C25H23N3O6/c1-14-7-8-16-18(13-14)24(31)28(23(16)30)15(2)22(29)26-20-17-5-3-4-6-19(17)34-21(20)25(32)27-9-11-33-12-10-27/h3-8,13,15H,9-12H2,1-2H3,(H,26,29)/t15-/m1/s1. The number of nitrogens with zero attached hydrogens (tertiary/aromatic N) is 2. The highest BCUT2D eigenvalue weighted by atomic mass is 16.5. The molecule has 2 aromatic carbocycles. The number of aryl methyl sites for hydroxylation is 1. The summed E-state index contributed by atoms with van der Waals surface area (Å²) in [5, 5.41) is 3.31. The summed E-state index contributed by atoms with van der Waals surface area (Å²) < 4.78 is 11.2. The van der Waals surface area contributed by atoms with Gasteiger partial charge in [0.05, 0.1) is 24.3 Å². The number of amides is 4. The van der Waals surface area contributed by atoms with E-state index in [9.17, 15) is 19.2 Å². The van der Waals surface area contributed by atoms with Crippen LogP contribution in [0.25, 0.3) is 11.0 Å². The number of para-hydroxylation sites is 1. The molecule has 4 amide bonds. The zero-order valence-corrected chi connectivity index (χ0v) is 18.8. The van der Waals surface area contributed by atoms with Crippen LogP contribution in [0.1, 0.15) is 43.8 Å². The highest BCUT2D eigenvalue weighted by Crippen LogP contribution is 2.33. The number of ether oxygens (including phenoxy) is 1. The van der Waals surface area contributed by atoms with Crippen molar-refractivity contribution in [2.75, 3.05) is 31.6 Å². The Morgan fingerprint density at radius 3 is 2.47 bits per heavy atom. The zero-order valence-electron chi connectivity index (χ0n) is 18.8. The minimum Gasteiger partial charge on any atom is -0.449 e. The molecule has 1 N–H and O–H groups in total. The molecule has 174 valence electrons. The Bertz CT molecular complexity index is 1340. The molecule has 1 atom stereocenters. The van der Waals surface area contributed by atoms with Gasteiger partial charge in [-0.3, -0.25) is 24.1 Å². The van der Waals surface area contributed by atoms with E-state index in [0.717, 1.165) is 10.5 Å².